The molecule has 0 fully saturated rings. The predicted molar refractivity (Wildman–Crippen MR) is 46.6 cm³/mol. The first-order chi connectivity index (χ1) is 6.45. The third kappa shape index (κ3) is 3.32. The van der Waals surface area contributed by atoms with E-state index in [1.165, 1.54) is 14.0 Å². The lowest BCUT2D eigenvalue weighted by Gasteiger charge is -2.28. The first-order valence-electron chi connectivity index (χ1n) is 4.16. The van der Waals surface area contributed by atoms with Crippen LogP contribution in [0.25, 0.3) is 0 Å². The van der Waals surface area contributed by atoms with E-state index in [9.17, 15) is 15.0 Å². The number of aliphatic hydroxyl groups excluding tert-OH is 4. The fourth-order valence-corrected chi connectivity index (χ4v) is 1.04. The Morgan fingerprint density at radius 2 is 1.64 bits per heavy atom. The summed E-state index contributed by atoms with van der Waals surface area (Å²) in [6.45, 7) is 1.27. The monoisotopic (exact) mass is 208 g/mol. The maximum atomic E-state index is 10.2. The zero-order chi connectivity index (χ0) is 11.3. The van der Waals surface area contributed by atoms with Gasteiger partial charge in [-0.1, -0.05) is 0 Å². The molecule has 4 N–H and O–H groups in total. The zero-order valence-electron chi connectivity index (χ0n) is 8.07. The van der Waals surface area contributed by atoms with Gasteiger partial charge in [-0.3, -0.25) is 0 Å². The van der Waals surface area contributed by atoms with Gasteiger partial charge in [-0.2, -0.15) is 0 Å². The van der Waals surface area contributed by atoms with Crippen molar-refractivity contribution in [3.8, 4) is 0 Å². The van der Waals surface area contributed by atoms with Crippen LogP contribution < -0.4 is 0 Å². The molecule has 0 aromatic heterocycles. The minimum atomic E-state index is -1.54. The predicted octanol–water partition coefficient (Wildman–Crippen LogP) is -2.34. The summed E-state index contributed by atoms with van der Waals surface area (Å²) in [7, 11) is 1.18. The Labute approximate surface area is 81.7 Å². The molecule has 0 amide bonds. The van der Waals surface area contributed by atoms with Crippen molar-refractivity contribution in [2.75, 3.05) is 7.11 Å². The van der Waals surface area contributed by atoms with Crippen LogP contribution in [0.2, 0.25) is 0 Å². The molecule has 0 spiro atoms. The number of hydrogen-bond donors (Lipinski definition) is 4. The summed E-state index contributed by atoms with van der Waals surface area (Å²) in [5.74, 6) is 0. The second-order valence-electron chi connectivity index (χ2n) is 3.05. The van der Waals surface area contributed by atoms with Crippen LogP contribution in [0.15, 0.2) is 0 Å². The fourth-order valence-electron chi connectivity index (χ4n) is 1.04. The number of carbonyl (C=O) groups is 1. The number of aldehydes is 1. The number of rotatable bonds is 6. The van der Waals surface area contributed by atoms with Crippen LogP contribution in [0.3, 0.4) is 0 Å². The molecular weight excluding hydrogens is 192 g/mol. The van der Waals surface area contributed by atoms with Gasteiger partial charge in [0, 0.05) is 7.11 Å². The third-order valence-electron chi connectivity index (χ3n) is 1.93. The number of carbonyl (C=O) groups excluding carboxylic acids is 1. The molecule has 6 heteroatoms. The Morgan fingerprint density at radius 3 is 1.93 bits per heavy atom. The lowest BCUT2D eigenvalue weighted by atomic mass is 10.0. The summed E-state index contributed by atoms with van der Waals surface area (Å²) in [5, 5.41) is 36.7. The van der Waals surface area contributed by atoms with E-state index >= 15 is 0 Å². The normalized spacial score (nSPS) is 22.1. The first-order valence-corrected chi connectivity index (χ1v) is 4.16. The molecule has 6 nitrogen and oxygen atoms in total. The van der Waals surface area contributed by atoms with Crippen LogP contribution in [0.5, 0.6) is 0 Å². The van der Waals surface area contributed by atoms with E-state index in [1.807, 2.05) is 0 Å². The lowest BCUT2D eigenvalue weighted by molar-refractivity contribution is -0.150. The van der Waals surface area contributed by atoms with Gasteiger partial charge in [-0.15, -0.1) is 0 Å². The third-order valence-corrected chi connectivity index (χ3v) is 1.93. The Hall–Kier alpha value is -0.530. The number of methoxy groups -OCH3 is 1. The molecule has 0 aliphatic rings. The van der Waals surface area contributed by atoms with E-state index in [0.717, 1.165) is 0 Å². The first kappa shape index (κ1) is 13.5. The van der Waals surface area contributed by atoms with Gasteiger partial charge in [0.25, 0.3) is 0 Å². The van der Waals surface area contributed by atoms with E-state index < -0.39 is 30.5 Å². The molecule has 0 radical (unpaired) electrons. The summed E-state index contributed by atoms with van der Waals surface area (Å²) < 4.78 is 4.63. The number of ether oxygens (including phenoxy) is 1. The van der Waals surface area contributed by atoms with Gasteiger partial charge in [0.1, 0.15) is 24.4 Å². The molecule has 84 valence electrons. The molecular formula is C8H16O6. The highest BCUT2D eigenvalue weighted by atomic mass is 16.5. The highest BCUT2D eigenvalue weighted by Gasteiger charge is 2.33. The summed E-state index contributed by atoms with van der Waals surface area (Å²) in [4.78, 5) is 10.2. The highest BCUT2D eigenvalue weighted by molar-refractivity contribution is 5.56. The molecule has 0 aliphatic carbocycles. The molecule has 0 saturated heterocycles. The minimum absolute atomic E-state index is 0.187. The van der Waals surface area contributed by atoms with Crippen molar-refractivity contribution in [1.82, 2.24) is 0 Å². The average Bonchev–Trinajstić information content (AvgIpc) is 2.16. The van der Waals surface area contributed by atoms with Crippen LogP contribution in [-0.2, 0) is 9.53 Å². The zero-order valence-corrected chi connectivity index (χ0v) is 8.07. The Balaban J connectivity index is 4.44. The molecule has 0 aliphatic heterocycles. The van der Waals surface area contributed by atoms with E-state index in [1.54, 1.807) is 0 Å². The second-order valence-corrected chi connectivity index (χ2v) is 3.05. The second kappa shape index (κ2) is 6.05. The molecule has 5 atom stereocenters. The van der Waals surface area contributed by atoms with Crippen molar-refractivity contribution < 1.29 is 30.0 Å². The molecule has 0 saturated carbocycles. The van der Waals surface area contributed by atoms with Crippen LogP contribution in [0.4, 0.5) is 0 Å². The van der Waals surface area contributed by atoms with Crippen molar-refractivity contribution in [2.45, 2.75) is 37.4 Å². The largest absolute Gasteiger partial charge is 0.391 e. The summed E-state index contributed by atoms with van der Waals surface area (Å²) in [6, 6.07) is 0. The van der Waals surface area contributed by atoms with E-state index in [-0.39, 0.29) is 6.29 Å². The van der Waals surface area contributed by atoms with Gasteiger partial charge in [0.2, 0.25) is 0 Å². The molecule has 0 aromatic carbocycles. The Morgan fingerprint density at radius 1 is 1.14 bits per heavy atom. The van der Waals surface area contributed by atoms with Crippen molar-refractivity contribution in [3.05, 3.63) is 0 Å². The van der Waals surface area contributed by atoms with Crippen LogP contribution in [-0.4, -0.2) is 64.3 Å². The summed E-state index contributed by atoms with van der Waals surface area (Å²) >= 11 is 0. The number of aliphatic hydroxyl groups is 4. The molecule has 0 bridgehead atoms. The van der Waals surface area contributed by atoms with Gasteiger partial charge in [0.15, 0.2) is 6.29 Å². The van der Waals surface area contributed by atoms with Crippen LogP contribution in [0, 0.1) is 0 Å². The van der Waals surface area contributed by atoms with Crippen LogP contribution in [0.1, 0.15) is 6.92 Å². The van der Waals surface area contributed by atoms with E-state index in [2.05, 4.69) is 4.74 Å². The molecule has 1 unspecified atom stereocenters. The van der Waals surface area contributed by atoms with Crippen molar-refractivity contribution in [1.29, 1.82) is 0 Å². The standard InChI is InChI=1S/C8H16O6/c1-4(10)6(12)7(13)8(14-2)5(11)3-9/h3-8,10-13H,1-2H3/t4?,5-,6+,7+,8+/m0/s1. The lowest BCUT2D eigenvalue weighted by Crippen LogP contribution is -2.49. The smallest absolute Gasteiger partial charge is 0.151 e. The Bertz CT molecular complexity index is 171. The molecule has 0 heterocycles. The van der Waals surface area contributed by atoms with Gasteiger partial charge in [-0.05, 0) is 6.92 Å². The van der Waals surface area contributed by atoms with Crippen molar-refractivity contribution >= 4 is 6.29 Å². The van der Waals surface area contributed by atoms with Gasteiger partial charge >= 0.3 is 0 Å². The maximum absolute atomic E-state index is 10.2. The minimum Gasteiger partial charge on any atom is -0.391 e. The number of hydrogen-bond acceptors (Lipinski definition) is 6. The molecule has 0 rings (SSSR count). The SMILES string of the molecule is CO[C@@H]([C@H](O)[C@H](O)C(C)O)[C@@H](O)C=O. The van der Waals surface area contributed by atoms with Crippen molar-refractivity contribution in [2.24, 2.45) is 0 Å². The van der Waals surface area contributed by atoms with E-state index in [0.29, 0.717) is 0 Å². The quantitative estimate of drug-likeness (QED) is 0.364. The molecule has 14 heavy (non-hydrogen) atoms. The van der Waals surface area contributed by atoms with Gasteiger partial charge < -0.3 is 30.0 Å². The summed E-state index contributed by atoms with van der Waals surface area (Å²) in [6.07, 6.45) is -6.79. The average molecular weight is 208 g/mol. The van der Waals surface area contributed by atoms with Gasteiger partial charge in [0.05, 0.1) is 6.10 Å². The summed E-state index contributed by atoms with van der Waals surface area (Å²) in [5.41, 5.74) is 0. The highest BCUT2D eigenvalue weighted by Crippen LogP contribution is 2.10. The van der Waals surface area contributed by atoms with Crippen molar-refractivity contribution in [3.63, 3.8) is 0 Å². The van der Waals surface area contributed by atoms with Gasteiger partial charge in [-0.25, -0.2) is 0 Å². The van der Waals surface area contributed by atoms with Crippen LogP contribution >= 0.6 is 0 Å². The Kier molecular flexibility index (Phi) is 5.82. The fraction of sp³-hybridized carbons (Fsp3) is 0.875. The molecule has 0 aromatic rings. The maximum Gasteiger partial charge on any atom is 0.151 e. The topological polar surface area (TPSA) is 107 Å². The van der Waals surface area contributed by atoms with E-state index in [4.69, 9.17) is 10.2 Å².